The van der Waals surface area contributed by atoms with Crippen molar-refractivity contribution < 1.29 is 9.53 Å². The molecule has 1 saturated carbocycles. The molecule has 2 N–H and O–H groups in total. The monoisotopic (exact) mass is 233 g/mol. The van der Waals surface area contributed by atoms with E-state index >= 15 is 0 Å². The Labute approximate surface area is 102 Å². The molecule has 1 aliphatic rings. The second kappa shape index (κ2) is 5.32. The molecular formula is C14H19NO2. The van der Waals surface area contributed by atoms with Gasteiger partial charge in [0.25, 0.3) is 0 Å². The summed E-state index contributed by atoms with van der Waals surface area (Å²) in [6.45, 7) is 0.603. The van der Waals surface area contributed by atoms with Crippen molar-refractivity contribution in [1.29, 1.82) is 0 Å². The summed E-state index contributed by atoms with van der Waals surface area (Å²) in [7, 11) is 1.60. The van der Waals surface area contributed by atoms with Gasteiger partial charge in [0.15, 0.2) is 5.78 Å². The van der Waals surface area contributed by atoms with Crippen LogP contribution in [0.1, 0.15) is 29.6 Å². The lowest BCUT2D eigenvalue weighted by molar-refractivity contribution is 0.0890. The lowest BCUT2D eigenvalue weighted by Gasteiger charge is -2.17. The first kappa shape index (κ1) is 12.1. The number of carbonyl (C=O) groups excluding carboxylic acids is 1. The predicted molar refractivity (Wildman–Crippen MR) is 67.2 cm³/mol. The number of methoxy groups -OCH3 is 1. The van der Waals surface area contributed by atoms with Crippen LogP contribution in [0.15, 0.2) is 24.3 Å². The fraction of sp³-hybridized carbons (Fsp3) is 0.500. The Balaban J connectivity index is 2.24. The van der Waals surface area contributed by atoms with E-state index < -0.39 is 0 Å². The Kier molecular flexibility index (Phi) is 3.79. The minimum absolute atomic E-state index is 0.0799. The Hall–Kier alpha value is -1.35. The third kappa shape index (κ3) is 2.34. The van der Waals surface area contributed by atoms with E-state index in [0.29, 0.717) is 23.8 Å². The number of rotatable bonds is 4. The molecule has 2 unspecified atom stereocenters. The summed E-state index contributed by atoms with van der Waals surface area (Å²) < 4.78 is 5.24. The quantitative estimate of drug-likeness (QED) is 0.811. The van der Waals surface area contributed by atoms with Crippen molar-refractivity contribution in [3.05, 3.63) is 29.8 Å². The number of ether oxygens (including phenoxy) is 1. The van der Waals surface area contributed by atoms with E-state index in [2.05, 4.69) is 0 Å². The molecule has 0 spiro atoms. The van der Waals surface area contributed by atoms with Gasteiger partial charge in [-0.25, -0.2) is 0 Å². The lowest BCUT2D eigenvalue weighted by atomic mass is 9.88. The highest BCUT2D eigenvalue weighted by Gasteiger charge is 2.33. The van der Waals surface area contributed by atoms with Gasteiger partial charge in [-0.3, -0.25) is 4.79 Å². The molecule has 3 heteroatoms. The van der Waals surface area contributed by atoms with Crippen LogP contribution in [0.5, 0.6) is 5.75 Å². The van der Waals surface area contributed by atoms with Crippen LogP contribution in [-0.2, 0) is 0 Å². The molecule has 2 atom stereocenters. The smallest absolute Gasteiger partial charge is 0.169 e. The molecule has 1 aliphatic carbocycles. The normalized spacial score (nSPS) is 23.6. The van der Waals surface area contributed by atoms with E-state index in [1.807, 2.05) is 24.3 Å². The van der Waals surface area contributed by atoms with Crippen LogP contribution in [-0.4, -0.2) is 19.4 Å². The Bertz CT molecular complexity index is 403. The SMILES string of the molecule is COc1ccccc1C(=O)C1CCCC1CN. The number of Topliss-reactive ketones (excluding diaryl/α,β-unsaturated/α-hetero) is 1. The Morgan fingerprint density at radius 1 is 1.41 bits per heavy atom. The van der Waals surface area contributed by atoms with Crippen LogP contribution in [0.3, 0.4) is 0 Å². The van der Waals surface area contributed by atoms with Gasteiger partial charge in [0.2, 0.25) is 0 Å². The number of hydrogen-bond acceptors (Lipinski definition) is 3. The molecule has 92 valence electrons. The van der Waals surface area contributed by atoms with Gasteiger partial charge in [0, 0.05) is 5.92 Å². The zero-order valence-corrected chi connectivity index (χ0v) is 10.2. The number of carbonyl (C=O) groups is 1. The van der Waals surface area contributed by atoms with E-state index in [1.165, 1.54) is 0 Å². The largest absolute Gasteiger partial charge is 0.496 e. The van der Waals surface area contributed by atoms with Crippen molar-refractivity contribution in [1.82, 2.24) is 0 Å². The Morgan fingerprint density at radius 2 is 2.18 bits per heavy atom. The van der Waals surface area contributed by atoms with Crippen LogP contribution in [0, 0.1) is 11.8 Å². The maximum Gasteiger partial charge on any atom is 0.169 e. The summed E-state index contributed by atoms with van der Waals surface area (Å²) in [6, 6.07) is 7.43. The number of nitrogens with two attached hydrogens (primary N) is 1. The highest BCUT2D eigenvalue weighted by atomic mass is 16.5. The fourth-order valence-corrected chi connectivity index (χ4v) is 2.71. The van der Waals surface area contributed by atoms with E-state index in [0.717, 1.165) is 19.3 Å². The van der Waals surface area contributed by atoms with Crippen molar-refractivity contribution in [3.63, 3.8) is 0 Å². The first-order chi connectivity index (χ1) is 8.27. The van der Waals surface area contributed by atoms with Crippen molar-refractivity contribution >= 4 is 5.78 Å². The molecule has 0 saturated heterocycles. The summed E-state index contributed by atoms with van der Waals surface area (Å²) >= 11 is 0. The minimum Gasteiger partial charge on any atom is -0.496 e. The number of benzene rings is 1. The van der Waals surface area contributed by atoms with E-state index in [4.69, 9.17) is 10.5 Å². The van der Waals surface area contributed by atoms with Crippen molar-refractivity contribution in [2.75, 3.05) is 13.7 Å². The van der Waals surface area contributed by atoms with Crippen LogP contribution in [0.2, 0.25) is 0 Å². The van der Waals surface area contributed by atoms with Crippen molar-refractivity contribution in [2.45, 2.75) is 19.3 Å². The summed E-state index contributed by atoms with van der Waals surface area (Å²) in [5.41, 5.74) is 6.42. The van der Waals surface area contributed by atoms with Gasteiger partial charge in [0.1, 0.15) is 5.75 Å². The summed E-state index contributed by atoms with van der Waals surface area (Å²) in [6.07, 6.45) is 3.13. The molecule has 0 heterocycles. The van der Waals surface area contributed by atoms with Crippen LogP contribution in [0.25, 0.3) is 0 Å². The maximum absolute atomic E-state index is 12.5. The fourth-order valence-electron chi connectivity index (χ4n) is 2.71. The summed E-state index contributed by atoms with van der Waals surface area (Å²) in [5, 5.41) is 0. The number of hydrogen-bond donors (Lipinski definition) is 1. The highest BCUT2D eigenvalue weighted by molar-refractivity contribution is 6.00. The molecule has 0 radical (unpaired) electrons. The predicted octanol–water partition coefficient (Wildman–Crippen LogP) is 2.25. The van der Waals surface area contributed by atoms with Crippen LogP contribution in [0.4, 0.5) is 0 Å². The number of para-hydroxylation sites is 1. The molecule has 17 heavy (non-hydrogen) atoms. The van der Waals surface area contributed by atoms with E-state index in [-0.39, 0.29) is 11.7 Å². The van der Waals surface area contributed by atoms with Gasteiger partial charge in [0.05, 0.1) is 12.7 Å². The van der Waals surface area contributed by atoms with Gasteiger partial charge in [-0.2, -0.15) is 0 Å². The molecule has 0 bridgehead atoms. The molecule has 1 fully saturated rings. The molecular weight excluding hydrogens is 214 g/mol. The minimum atomic E-state index is 0.0799. The third-order valence-electron chi connectivity index (χ3n) is 3.67. The van der Waals surface area contributed by atoms with Crippen LogP contribution < -0.4 is 10.5 Å². The molecule has 0 aromatic heterocycles. The maximum atomic E-state index is 12.5. The standard InChI is InChI=1S/C14H19NO2/c1-17-13-8-3-2-6-12(13)14(16)11-7-4-5-10(11)9-15/h2-3,6,8,10-11H,4-5,7,9,15H2,1H3. The van der Waals surface area contributed by atoms with Gasteiger partial charge in [-0.05, 0) is 37.4 Å². The van der Waals surface area contributed by atoms with Crippen molar-refractivity contribution in [3.8, 4) is 5.75 Å². The lowest BCUT2D eigenvalue weighted by Crippen LogP contribution is -2.25. The van der Waals surface area contributed by atoms with Gasteiger partial charge >= 0.3 is 0 Å². The van der Waals surface area contributed by atoms with Crippen molar-refractivity contribution in [2.24, 2.45) is 17.6 Å². The third-order valence-corrected chi connectivity index (χ3v) is 3.67. The first-order valence-corrected chi connectivity index (χ1v) is 6.15. The molecule has 0 aliphatic heterocycles. The van der Waals surface area contributed by atoms with Gasteiger partial charge in [-0.15, -0.1) is 0 Å². The summed E-state index contributed by atoms with van der Waals surface area (Å²) in [5.74, 6) is 1.28. The van der Waals surface area contributed by atoms with E-state index in [1.54, 1.807) is 7.11 Å². The molecule has 0 amide bonds. The molecule has 2 rings (SSSR count). The zero-order valence-electron chi connectivity index (χ0n) is 10.2. The second-order valence-electron chi connectivity index (χ2n) is 4.60. The molecule has 3 nitrogen and oxygen atoms in total. The zero-order chi connectivity index (χ0) is 12.3. The second-order valence-corrected chi connectivity index (χ2v) is 4.60. The average Bonchev–Trinajstić information content (AvgIpc) is 2.86. The highest BCUT2D eigenvalue weighted by Crippen LogP contribution is 2.35. The average molecular weight is 233 g/mol. The van der Waals surface area contributed by atoms with Gasteiger partial charge < -0.3 is 10.5 Å². The summed E-state index contributed by atoms with van der Waals surface area (Å²) in [4.78, 5) is 12.5. The molecule has 1 aromatic rings. The molecule has 1 aromatic carbocycles. The van der Waals surface area contributed by atoms with Crippen LogP contribution >= 0.6 is 0 Å². The Morgan fingerprint density at radius 3 is 2.88 bits per heavy atom. The first-order valence-electron chi connectivity index (χ1n) is 6.15. The topological polar surface area (TPSA) is 52.3 Å². The van der Waals surface area contributed by atoms with Gasteiger partial charge in [-0.1, -0.05) is 18.6 Å². The number of ketones is 1. The van der Waals surface area contributed by atoms with E-state index in [9.17, 15) is 4.79 Å².